The van der Waals surface area contributed by atoms with Gasteiger partial charge in [-0.1, -0.05) is 61.8 Å². The van der Waals surface area contributed by atoms with E-state index < -0.39 is 37.3 Å². The number of aliphatic hydroxyl groups is 6. The first-order chi connectivity index (χ1) is 22.0. The number of nitrogens with zero attached hydrogens (tertiary/aromatic N) is 1. The maximum Gasteiger partial charge on any atom is 0.131 e. The molecule has 0 bridgehead atoms. The van der Waals surface area contributed by atoms with Gasteiger partial charge in [0.2, 0.25) is 0 Å². The van der Waals surface area contributed by atoms with Crippen molar-refractivity contribution in [1.82, 2.24) is 0 Å². The second kappa shape index (κ2) is 20.8. The summed E-state index contributed by atoms with van der Waals surface area (Å²) in [4.78, 5) is 2.18. The number of phenolic OH excluding ortho intramolecular Hbond substituents is 1. The molecule has 0 aliphatic carbocycles. The lowest BCUT2D eigenvalue weighted by Gasteiger charge is -2.27. The first kappa shape index (κ1) is 39.0. The molecule has 3 aromatic carbocycles. The average Bonchev–Trinajstić information content (AvgIpc) is 3.06. The fourth-order valence-electron chi connectivity index (χ4n) is 4.50. The average molecular weight is 659 g/mol. The summed E-state index contributed by atoms with van der Waals surface area (Å²) in [6.45, 7) is 3.21. The third kappa shape index (κ3) is 13.3. The number of aromatic hydroxyl groups is 1. The van der Waals surface area contributed by atoms with Crippen molar-refractivity contribution in [3.8, 4) is 17.6 Å². The van der Waals surface area contributed by atoms with Gasteiger partial charge in [-0.05, 0) is 66.6 Å². The van der Waals surface area contributed by atoms with Crippen LogP contribution >= 0.6 is 11.6 Å². The van der Waals surface area contributed by atoms with E-state index in [0.29, 0.717) is 11.6 Å². The first-order valence-corrected chi connectivity index (χ1v) is 15.8. The second-order valence-electron chi connectivity index (χ2n) is 11.0. The van der Waals surface area contributed by atoms with Crippen LogP contribution in [-0.2, 0) is 6.54 Å². The molecule has 3 aromatic rings. The number of hydrogen-bond acceptors (Lipinski definition) is 9. The molecule has 3 rings (SSSR count). The number of quaternary nitrogens is 1. The Morgan fingerprint density at radius 1 is 0.826 bits per heavy atom. The van der Waals surface area contributed by atoms with E-state index in [4.69, 9.17) is 26.9 Å². The third-order valence-electron chi connectivity index (χ3n) is 7.25. The van der Waals surface area contributed by atoms with Crippen molar-refractivity contribution in [2.24, 2.45) is 0 Å². The van der Waals surface area contributed by atoms with Crippen molar-refractivity contribution < 1.29 is 46.2 Å². The van der Waals surface area contributed by atoms with Gasteiger partial charge in [0.25, 0.3) is 0 Å². The summed E-state index contributed by atoms with van der Waals surface area (Å²) >= 11 is 5.92. The van der Waals surface area contributed by atoms with Crippen molar-refractivity contribution in [1.29, 1.82) is 0 Å². The zero-order valence-corrected chi connectivity index (χ0v) is 27.1. The van der Waals surface area contributed by atoms with Gasteiger partial charge in [0.05, 0.1) is 13.7 Å². The Hall–Kier alpha value is -3.21. The molecule has 11 heteroatoms. The van der Waals surface area contributed by atoms with Crippen LogP contribution in [0.25, 0.3) is 0 Å². The van der Waals surface area contributed by atoms with Gasteiger partial charge in [-0.25, -0.2) is 0 Å². The monoisotopic (exact) mass is 658 g/mol. The Balaban J connectivity index is 0.000000479. The molecule has 1 unspecified atom stereocenters. The highest BCUT2D eigenvalue weighted by Crippen LogP contribution is 2.28. The number of unbranched alkanes of at least 4 members (excludes halogenated alkanes) is 3. The Morgan fingerprint density at radius 2 is 1.41 bits per heavy atom. The van der Waals surface area contributed by atoms with Crippen molar-refractivity contribution >= 4 is 17.3 Å². The summed E-state index contributed by atoms with van der Waals surface area (Å²) in [5.74, 6) is 6.13. The maximum atomic E-state index is 11.6. The molecule has 0 aliphatic heterocycles. The van der Waals surface area contributed by atoms with Gasteiger partial charge < -0.3 is 51.1 Å². The Labute approximate surface area is 276 Å². The predicted molar refractivity (Wildman–Crippen MR) is 176 cm³/mol. The van der Waals surface area contributed by atoms with E-state index in [9.17, 15) is 25.5 Å². The van der Waals surface area contributed by atoms with Gasteiger partial charge in [0.1, 0.15) is 36.7 Å². The molecule has 0 aromatic heterocycles. The molecule has 0 saturated heterocycles. The minimum atomic E-state index is -1.97. The van der Waals surface area contributed by atoms with E-state index in [1.165, 1.54) is 12.5 Å². The molecule has 9 N–H and O–H groups in total. The minimum absolute atomic E-state index is 0.00104. The van der Waals surface area contributed by atoms with E-state index >= 15 is 0 Å². The lowest BCUT2D eigenvalue weighted by atomic mass is 10.0. The highest BCUT2D eigenvalue weighted by Gasteiger charge is 2.30. The highest BCUT2D eigenvalue weighted by molar-refractivity contribution is 6.30. The van der Waals surface area contributed by atoms with Crippen LogP contribution in [0.4, 0.5) is 5.69 Å². The van der Waals surface area contributed by atoms with Crippen LogP contribution in [0.5, 0.6) is 5.75 Å². The topological polar surface area (TPSA) is 185 Å². The molecule has 252 valence electrons. The van der Waals surface area contributed by atoms with E-state index in [1.807, 2.05) is 36.4 Å². The minimum Gasteiger partial charge on any atom is -0.828 e. The molecule has 0 amide bonds. The lowest BCUT2D eigenvalue weighted by Crippen LogP contribution is -2.83. The zero-order chi connectivity index (χ0) is 34.1. The normalized spacial score (nSPS) is 14.1. The van der Waals surface area contributed by atoms with Gasteiger partial charge in [-0.2, -0.15) is 0 Å². The molecule has 0 spiro atoms. The van der Waals surface area contributed by atoms with E-state index in [2.05, 4.69) is 35.8 Å². The molecular formula is C35H47ClN2O8. The number of nitrogens with two attached hydrogens (primary N) is 1. The van der Waals surface area contributed by atoms with Crippen molar-refractivity contribution in [2.75, 3.05) is 31.6 Å². The standard InChI is InChI=1S/C28H29ClNO3.C7H17NO5/c1-2-3-4-5-18-30(25-16-17-27(31)26(19-25)28(32)33)20-23-10-8-21(9-11-23)6-7-22-12-14-24(29)15-13-22;1-8-2-4(10)6(12)7(13)5(11)3-9/h8-17,19,28,31-32H,2-5,18,20H2,1H3;4-13H,2-3H2,1H3/q-1;/p+1/t;4-,5+,6+,7+/m.0/s1. The number of anilines is 1. The van der Waals surface area contributed by atoms with Crippen LogP contribution in [-0.4, -0.2) is 86.9 Å². The molecule has 0 fully saturated rings. The fourth-order valence-corrected chi connectivity index (χ4v) is 4.63. The maximum absolute atomic E-state index is 11.6. The molecule has 0 radical (unpaired) electrons. The second-order valence-corrected chi connectivity index (χ2v) is 11.4. The van der Waals surface area contributed by atoms with Crippen LogP contribution in [0.15, 0.2) is 66.7 Å². The van der Waals surface area contributed by atoms with Crippen molar-refractivity contribution in [2.45, 2.75) is 69.9 Å². The van der Waals surface area contributed by atoms with Crippen LogP contribution in [0, 0.1) is 11.8 Å². The number of benzene rings is 3. The Morgan fingerprint density at radius 3 is 1.96 bits per heavy atom. The largest absolute Gasteiger partial charge is 0.828 e. The van der Waals surface area contributed by atoms with Gasteiger partial charge in [0, 0.05) is 46.8 Å². The number of halogens is 1. The Kier molecular flexibility index (Phi) is 17.6. The van der Waals surface area contributed by atoms with Crippen molar-refractivity contribution in [3.63, 3.8) is 0 Å². The van der Waals surface area contributed by atoms with Crippen LogP contribution < -0.4 is 15.3 Å². The molecule has 0 saturated carbocycles. The van der Waals surface area contributed by atoms with Crippen LogP contribution in [0.2, 0.25) is 5.02 Å². The smallest absolute Gasteiger partial charge is 0.131 e. The summed E-state index contributed by atoms with van der Waals surface area (Å²) in [7, 11) is 1.70. The lowest BCUT2D eigenvalue weighted by molar-refractivity contribution is -0.635. The number of likely N-dealkylation sites (N-methyl/N-ethyl adjacent to an activating group) is 1. The number of phenols is 1. The molecule has 10 nitrogen and oxygen atoms in total. The summed E-state index contributed by atoms with van der Waals surface area (Å²) in [6, 6.07) is 20.4. The number of hydrogen-bond donors (Lipinski definition) is 8. The van der Waals surface area contributed by atoms with Crippen molar-refractivity contribution in [3.05, 3.63) is 94.0 Å². The van der Waals surface area contributed by atoms with E-state index in [0.717, 1.165) is 48.2 Å². The van der Waals surface area contributed by atoms with Gasteiger partial charge in [-0.3, -0.25) is 0 Å². The summed E-state index contributed by atoms with van der Waals surface area (Å²) in [5.41, 5.74) is 3.74. The van der Waals surface area contributed by atoms with Gasteiger partial charge in [0.15, 0.2) is 0 Å². The zero-order valence-electron chi connectivity index (χ0n) is 26.3. The van der Waals surface area contributed by atoms with E-state index in [-0.39, 0.29) is 17.9 Å². The molecule has 46 heavy (non-hydrogen) atoms. The van der Waals surface area contributed by atoms with Crippen LogP contribution in [0.1, 0.15) is 61.2 Å². The first-order valence-electron chi connectivity index (χ1n) is 15.4. The van der Waals surface area contributed by atoms with E-state index in [1.54, 1.807) is 24.5 Å². The molecule has 0 aliphatic rings. The molecule has 5 atom stereocenters. The third-order valence-corrected chi connectivity index (χ3v) is 7.50. The van der Waals surface area contributed by atoms with Gasteiger partial charge >= 0.3 is 0 Å². The Bertz CT molecular complexity index is 1350. The fraction of sp³-hybridized carbons (Fsp3) is 0.429. The van der Waals surface area contributed by atoms with Crippen LogP contribution in [0.3, 0.4) is 0 Å². The number of aliphatic hydroxyl groups excluding tert-OH is 6. The predicted octanol–water partition coefficient (Wildman–Crippen LogP) is 0.999. The van der Waals surface area contributed by atoms with Gasteiger partial charge in [-0.15, -0.1) is 0 Å². The summed E-state index contributed by atoms with van der Waals surface area (Å²) in [6.07, 6.45) is -3.01. The quantitative estimate of drug-likeness (QED) is 0.0670. The SMILES string of the molecule is CCCCCCN(Cc1ccc(C#Cc2ccc(Cl)cc2)cc1)c1ccc(O)c(C([O-])O)c1.C[NH2+]C[C@H](O)[C@@H](O)[C@H](O)[C@H](O)CO. The molecular weight excluding hydrogens is 612 g/mol. The summed E-state index contributed by atoms with van der Waals surface area (Å²) in [5, 5.41) is 78.2. The molecule has 0 heterocycles. The number of rotatable bonds is 15. The summed E-state index contributed by atoms with van der Waals surface area (Å²) < 4.78 is 0. The highest BCUT2D eigenvalue weighted by atomic mass is 35.5.